The molecule has 1 unspecified atom stereocenters. The van der Waals surface area contributed by atoms with Crippen molar-refractivity contribution in [2.75, 3.05) is 6.26 Å². The first-order chi connectivity index (χ1) is 4.70. The lowest BCUT2D eigenvalue weighted by molar-refractivity contribution is 0.383. The number of rotatable bonds is 1. The van der Waals surface area contributed by atoms with E-state index in [1.54, 1.807) is 0 Å². The summed E-state index contributed by atoms with van der Waals surface area (Å²) in [6, 6.07) is 0. The summed E-state index contributed by atoms with van der Waals surface area (Å²) in [5.41, 5.74) is 0. The Morgan fingerprint density at radius 2 is 1.70 bits per heavy atom. The Balaban J connectivity index is 2.26. The van der Waals surface area contributed by atoms with Crippen LogP contribution in [0, 0.1) is 5.92 Å². The molecule has 1 rings (SSSR count). The van der Waals surface area contributed by atoms with Gasteiger partial charge in [0.15, 0.2) is 0 Å². The molecule has 0 N–H and O–H groups in total. The predicted octanol–water partition coefficient (Wildman–Crippen LogP) is 1.94. The molecule has 1 fully saturated rings. The lowest BCUT2D eigenvalue weighted by Gasteiger charge is -2.26. The van der Waals surface area contributed by atoms with Gasteiger partial charge in [0.1, 0.15) is 5.25 Å². The van der Waals surface area contributed by atoms with Gasteiger partial charge in [-0.1, -0.05) is 18.1 Å². The molecule has 0 saturated heterocycles. The second-order valence-electron chi connectivity index (χ2n) is 3.38. The highest BCUT2D eigenvalue weighted by molar-refractivity contribution is 7.91. The summed E-state index contributed by atoms with van der Waals surface area (Å²) in [7, 11) is 0. The van der Waals surface area contributed by atoms with Gasteiger partial charge in [0.05, 0.1) is 6.26 Å². The molecule has 0 aromatic carbocycles. The van der Waals surface area contributed by atoms with Crippen LogP contribution in [0.3, 0.4) is 0 Å². The Bertz CT molecular complexity index is 95.4. The van der Waals surface area contributed by atoms with Crippen LogP contribution in [-0.4, -0.2) is 16.1 Å². The van der Waals surface area contributed by atoms with Gasteiger partial charge in [-0.05, 0) is 31.6 Å². The second-order valence-corrected chi connectivity index (χ2v) is 5.04. The van der Waals surface area contributed by atoms with Gasteiger partial charge in [0.2, 0.25) is 0 Å². The van der Waals surface area contributed by atoms with Crippen molar-refractivity contribution in [2.45, 2.75) is 37.9 Å². The Kier molecular flexibility index (Phi) is 3.05. The average molecular weight is 160 g/mol. The number of hydrogen-bond donors (Lipinski definition) is 0. The van der Waals surface area contributed by atoms with E-state index in [1.165, 1.54) is 25.7 Å². The molecule has 1 atom stereocenters. The minimum absolute atomic E-state index is 0.510. The third kappa shape index (κ3) is 2.17. The summed E-state index contributed by atoms with van der Waals surface area (Å²) >= 11 is -0.567. The van der Waals surface area contributed by atoms with E-state index in [-0.39, 0.29) is 0 Å². The molecule has 1 nitrogen and oxygen atoms in total. The summed E-state index contributed by atoms with van der Waals surface area (Å²) in [5.74, 6) is 0.875. The third-order valence-corrected chi connectivity index (χ3v) is 3.84. The third-order valence-electron chi connectivity index (χ3n) is 2.43. The van der Waals surface area contributed by atoms with Crippen LogP contribution in [0.1, 0.15) is 32.6 Å². The summed E-state index contributed by atoms with van der Waals surface area (Å²) in [6.45, 7) is 2.29. The molecule has 1 aliphatic rings. The molecule has 10 heavy (non-hydrogen) atoms. The van der Waals surface area contributed by atoms with Gasteiger partial charge in [-0.3, -0.25) is 0 Å². The summed E-state index contributed by atoms with van der Waals surface area (Å²) in [4.78, 5) is 0. The highest BCUT2D eigenvalue weighted by Gasteiger charge is 2.24. The van der Waals surface area contributed by atoms with E-state index in [0.717, 1.165) is 5.92 Å². The maximum atomic E-state index is 11.0. The molecule has 0 radical (unpaired) electrons. The SMILES string of the molecule is CC1CCC([S+](C)[O-])CC1. The zero-order valence-corrected chi connectivity index (χ0v) is 7.62. The highest BCUT2D eigenvalue weighted by atomic mass is 32.2. The van der Waals surface area contributed by atoms with Crippen molar-refractivity contribution in [2.24, 2.45) is 5.92 Å². The molecule has 0 aromatic heterocycles. The van der Waals surface area contributed by atoms with Crippen molar-refractivity contribution in [1.29, 1.82) is 0 Å². The maximum absolute atomic E-state index is 11.0. The smallest absolute Gasteiger partial charge is 0.115 e. The van der Waals surface area contributed by atoms with Gasteiger partial charge in [0.25, 0.3) is 0 Å². The molecular weight excluding hydrogens is 144 g/mol. The summed E-state index contributed by atoms with van der Waals surface area (Å²) in [6.07, 6.45) is 6.77. The van der Waals surface area contributed by atoms with E-state index in [0.29, 0.717) is 5.25 Å². The van der Waals surface area contributed by atoms with Crippen LogP contribution in [0.5, 0.6) is 0 Å². The van der Waals surface area contributed by atoms with Crippen molar-refractivity contribution >= 4 is 11.2 Å². The lowest BCUT2D eigenvalue weighted by Crippen LogP contribution is -2.25. The van der Waals surface area contributed by atoms with Crippen LogP contribution in [0.15, 0.2) is 0 Å². The van der Waals surface area contributed by atoms with Crippen molar-refractivity contribution in [3.63, 3.8) is 0 Å². The topological polar surface area (TPSA) is 23.1 Å². The predicted molar refractivity (Wildman–Crippen MR) is 45.5 cm³/mol. The average Bonchev–Trinajstić information content (AvgIpc) is 1.88. The maximum Gasteiger partial charge on any atom is 0.115 e. The molecule has 0 aliphatic heterocycles. The van der Waals surface area contributed by atoms with Crippen LogP contribution < -0.4 is 0 Å². The second kappa shape index (κ2) is 3.63. The fraction of sp³-hybridized carbons (Fsp3) is 1.00. The van der Waals surface area contributed by atoms with Crippen molar-refractivity contribution in [1.82, 2.24) is 0 Å². The fourth-order valence-electron chi connectivity index (χ4n) is 1.56. The first-order valence-electron chi connectivity index (χ1n) is 4.02. The Morgan fingerprint density at radius 3 is 2.10 bits per heavy atom. The van der Waals surface area contributed by atoms with Crippen LogP contribution in [0.4, 0.5) is 0 Å². The first-order valence-corrected chi connectivity index (χ1v) is 5.64. The molecule has 0 amide bonds. The zero-order valence-electron chi connectivity index (χ0n) is 6.80. The first kappa shape index (κ1) is 8.41. The van der Waals surface area contributed by atoms with Gasteiger partial charge >= 0.3 is 0 Å². The summed E-state index contributed by atoms with van der Waals surface area (Å²) < 4.78 is 11.0. The molecule has 60 valence electrons. The Hall–Kier alpha value is 0.310. The van der Waals surface area contributed by atoms with Crippen LogP contribution in [0.25, 0.3) is 0 Å². The van der Waals surface area contributed by atoms with Gasteiger partial charge in [-0.15, -0.1) is 0 Å². The van der Waals surface area contributed by atoms with Gasteiger partial charge < -0.3 is 4.55 Å². The Labute approximate surface area is 66.4 Å². The monoisotopic (exact) mass is 160 g/mol. The zero-order chi connectivity index (χ0) is 7.56. The van der Waals surface area contributed by atoms with Crippen LogP contribution >= 0.6 is 0 Å². The van der Waals surface area contributed by atoms with Crippen LogP contribution in [0.2, 0.25) is 0 Å². The minimum atomic E-state index is -0.567. The van der Waals surface area contributed by atoms with Gasteiger partial charge in [-0.25, -0.2) is 0 Å². The molecule has 1 saturated carbocycles. The van der Waals surface area contributed by atoms with E-state index < -0.39 is 11.2 Å². The van der Waals surface area contributed by atoms with Crippen molar-refractivity contribution in [3.05, 3.63) is 0 Å². The number of hydrogen-bond acceptors (Lipinski definition) is 1. The standard InChI is InChI=1S/C8H16OS/c1-7-3-5-8(6-4-7)10(2)9/h7-8H,3-6H2,1-2H3. The lowest BCUT2D eigenvalue weighted by atomic mass is 9.91. The van der Waals surface area contributed by atoms with Crippen molar-refractivity contribution < 1.29 is 4.55 Å². The molecule has 0 bridgehead atoms. The normalized spacial score (nSPS) is 37.5. The van der Waals surface area contributed by atoms with E-state index in [1.807, 2.05) is 6.26 Å². The Morgan fingerprint density at radius 1 is 1.20 bits per heavy atom. The molecule has 0 heterocycles. The van der Waals surface area contributed by atoms with Crippen LogP contribution in [-0.2, 0) is 11.2 Å². The van der Waals surface area contributed by atoms with E-state index in [4.69, 9.17) is 0 Å². The van der Waals surface area contributed by atoms with Crippen molar-refractivity contribution in [3.8, 4) is 0 Å². The van der Waals surface area contributed by atoms with E-state index >= 15 is 0 Å². The molecule has 1 aliphatic carbocycles. The van der Waals surface area contributed by atoms with E-state index in [9.17, 15) is 4.55 Å². The van der Waals surface area contributed by atoms with E-state index in [2.05, 4.69) is 6.92 Å². The largest absolute Gasteiger partial charge is 0.616 e. The molecule has 0 aromatic rings. The molecular formula is C8H16OS. The quantitative estimate of drug-likeness (QED) is 0.538. The minimum Gasteiger partial charge on any atom is -0.616 e. The summed E-state index contributed by atoms with van der Waals surface area (Å²) in [5, 5.41) is 0.510. The van der Waals surface area contributed by atoms with Gasteiger partial charge in [0, 0.05) is 0 Å². The molecule has 2 heteroatoms. The van der Waals surface area contributed by atoms with Gasteiger partial charge in [-0.2, -0.15) is 0 Å². The molecule has 0 spiro atoms. The highest BCUT2D eigenvalue weighted by Crippen LogP contribution is 2.27. The fourth-order valence-corrected chi connectivity index (χ4v) is 2.50.